The van der Waals surface area contributed by atoms with Gasteiger partial charge in [-0.15, -0.1) is 0 Å². The van der Waals surface area contributed by atoms with Gasteiger partial charge in [0.1, 0.15) is 5.69 Å². The summed E-state index contributed by atoms with van der Waals surface area (Å²) in [5.41, 5.74) is 3.23. The number of hydrogen-bond acceptors (Lipinski definition) is 4. The molecule has 1 N–H and O–H groups in total. The van der Waals surface area contributed by atoms with Gasteiger partial charge in [-0.25, -0.2) is 4.98 Å². The largest absolute Gasteiger partial charge is 0.378 e. The normalized spacial score (nSPS) is 14.6. The highest BCUT2D eigenvalue weighted by atomic mass is 35.5. The second kappa shape index (κ2) is 6.97. The lowest BCUT2D eigenvalue weighted by Gasteiger charge is -2.27. The van der Waals surface area contributed by atoms with E-state index in [1.807, 2.05) is 52.6 Å². The number of ether oxygens (including phenoxy) is 1. The monoisotopic (exact) mass is 370 g/mol. The van der Waals surface area contributed by atoms with E-state index in [0.717, 1.165) is 16.9 Å². The van der Waals surface area contributed by atoms with Gasteiger partial charge in [-0.3, -0.25) is 4.79 Å². The first-order valence-electron chi connectivity index (χ1n) is 8.50. The van der Waals surface area contributed by atoms with E-state index in [4.69, 9.17) is 16.3 Å². The number of nitrogens with one attached hydrogen (secondary N) is 1. The summed E-state index contributed by atoms with van der Waals surface area (Å²) in [6.07, 6.45) is 1.63. The Morgan fingerprint density at radius 2 is 2.04 bits per heavy atom. The Kier molecular flexibility index (Phi) is 4.53. The molecule has 1 aliphatic heterocycles. The van der Waals surface area contributed by atoms with E-state index < -0.39 is 0 Å². The molecule has 1 aliphatic rings. The van der Waals surface area contributed by atoms with Crippen molar-refractivity contribution < 1.29 is 9.53 Å². The van der Waals surface area contributed by atoms with Crippen LogP contribution in [0, 0.1) is 6.92 Å². The number of benzene rings is 1. The van der Waals surface area contributed by atoms with Crippen molar-refractivity contribution in [3.05, 3.63) is 59.0 Å². The van der Waals surface area contributed by atoms with Gasteiger partial charge in [-0.05, 0) is 37.3 Å². The highest BCUT2D eigenvalue weighted by Crippen LogP contribution is 2.25. The van der Waals surface area contributed by atoms with Crippen LogP contribution in [0.4, 0.5) is 11.5 Å². The average molecular weight is 371 g/mol. The van der Waals surface area contributed by atoms with Crippen LogP contribution >= 0.6 is 11.6 Å². The third-order valence-electron chi connectivity index (χ3n) is 4.48. The lowest BCUT2D eigenvalue weighted by atomic mass is 10.3. The molecular weight excluding hydrogens is 352 g/mol. The van der Waals surface area contributed by atoms with Crippen molar-refractivity contribution >= 4 is 34.5 Å². The molecule has 3 aromatic rings. The van der Waals surface area contributed by atoms with Crippen molar-refractivity contribution in [3.63, 3.8) is 0 Å². The number of carbonyl (C=O) groups is 1. The van der Waals surface area contributed by atoms with Crippen LogP contribution < -0.4 is 5.32 Å². The highest BCUT2D eigenvalue weighted by molar-refractivity contribution is 6.30. The van der Waals surface area contributed by atoms with E-state index in [-0.39, 0.29) is 5.91 Å². The van der Waals surface area contributed by atoms with Crippen LogP contribution in [-0.2, 0) is 4.74 Å². The molecule has 0 saturated carbocycles. The Labute approximate surface area is 156 Å². The second-order valence-corrected chi connectivity index (χ2v) is 6.66. The smallest absolute Gasteiger partial charge is 0.272 e. The molecule has 0 aliphatic carbocycles. The first-order valence-corrected chi connectivity index (χ1v) is 8.88. The van der Waals surface area contributed by atoms with E-state index in [0.29, 0.717) is 42.8 Å². The minimum atomic E-state index is -0.0283. The SMILES string of the molecule is Cc1ccc2c(Nc3cccc(Cl)c3)ncc(C(=O)N3CCOCC3)n12. The lowest BCUT2D eigenvalue weighted by molar-refractivity contribution is 0.0297. The van der Waals surface area contributed by atoms with Gasteiger partial charge in [0.15, 0.2) is 5.82 Å². The molecule has 0 atom stereocenters. The molecule has 3 heterocycles. The summed E-state index contributed by atoms with van der Waals surface area (Å²) >= 11 is 6.06. The van der Waals surface area contributed by atoms with Crippen LogP contribution in [0.2, 0.25) is 5.02 Å². The number of amides is 1. The number of rotatable bonds is 3. The molecule has 0 bridgehead atoms. The number of halogens is 1. The predicted octanol–water partition coefficient (Wildman–Crippen LogP) is 3.51. The van der Waals surface area contributed by atoms with E-state index in [1.165, 1.54) is 0 Å². The van der Waals surface area contributed by atoms with Gasteiger partial charge < -0.3 is 19.4 Å². The predicted molar refractivity (Wildman–Crippen MR) is 101 cm³/mol. The number of carbonyl (C=O) groups excluding carboxylic acids is 1. The van der Waals surface area contributed by atoms with Gasteiger partial charge in [-0.2, -0.15) is 0 Å². The molecule has 1 fully saturated rings. The maximum absolute atomic E-state index is 12.9. The standard InChI is InChI=1S/C19H19ClN4O2/c1-13-5-6-16-18(22-15-4-2-3-14(20)11-15)21-12-17(24(13)16)19(25)23-7-9-26-10-8-23/h2-6,11-12H,7-10H2,1H3,(H,21,22). The molecule has 0 radical (unpaired) electrons. The number of morpholine rings is 1. The summed E-state index contributed by atoms with van der Waals surface area (Å²) < 4.78 is 7.28. The summed E-state index contributed by atoms with van der Waals surface area (Å²) in [7, 11) is 0. The molecule has 0 unspecified atom stereocenters. The number of hydrogen-bond donors (Lipinski definition) is 1. The van der Waals surface area contributed by atoms with Gasteiger partial charge in [-0.1, -0.05) is 17.7 Å². The van der Waals surface area contributed by atoms with Crippen molar-refractivity contribution in [2.45, 2.75) is 6.92 Å². The lowest BCUT2D eigenvalue weighted by Crippen LogP contribution is -2.41. The van der Waals surface area contributed by atoms with Gasteiger partial charge in [0, 0.05) is 29.5 Å². The number of fused-ring (bicyclic) bond motifs is 1. The van der Waals surface area contributed by atoms with E-state index in [2.05, 4.69) is 10.3 Å². The number of aryl methyl sites for hydroxylation is 1. The van der Waals surface area contributed by atoms with E-state index >= 15 is 0 Å². The van der Waals surface area contributed by atoms with E-state index in [9.17, 15) is 4.79 Å². The van der Waals surface area contributed by atoms with Gasteiger partial charge in [0.05, 0.1) is 24.9 Å². The number of anilines is 2. The number of aromatic nitrogens is 2. The topological polar surface area (TPSA) is 58.9 Å². The Bertz CT molecular complexity index is 963. The third-order valence-corrected chi connectivity index (χ3v) is 4.72. The molecule has 134 valence electrons. The Morgan fingerprint density at radius 3 is 2.81 bits per heavy atom. The van der Waals surface area contributed by atoms with Crippen molar-refractivity contribution in [1.29, 1.82) is 0 Å². The quantitative estimate of drug-likeness (QED) is 0.766. The fourth-order valence-electron chi connectivity index (χ4n) is 3.17. The van der Waals surface area contributed by atoms with Gasteiger partial charge >= 0.3 is 0 Å². The minimum Gasteiger partial charge on any atom is -0.378 e. The summed E-state index contributed by atoms with van der Waals surface area (Å²) in [6.45, 7) is 4.32. The van der Waals surface area contributed by atoms with E-state index in [1.54, 1.807) is 6.20 Å². The molecule has 0 spiro atoms. The van der Waals surface area contributed by atoms with Crippen LogP contribution in [0.5, 0.6) is 0 Å². The van der Waals surface area contributed by atoms with Crippen LogP contribution in [0.3, 0.4) is 0 Å². The van der Waals surface area contributed by atoms with Crippen LogP contribution in [0.15, 0.2) is 42.6 Å². The third kappa shape index (κ3) is 3.13. The van der Waals surface area contributed by atoms with Crippen LogP contribution in [0.1, 0.15) is 16.2 Å². The van der Waals surface area contributed by atoms with Gasteiger partial charge in [0.2, 0.25) is 0 Å². The molecule has 1 aromatic carbocycles. The average Bonchev–Trinajstić information content (AvgIpc) is 3.05. The Balaban J connectivity index is 1.73. The highest BCUT2D eigenvalue weighted by Gasteiger charge is 2.22. The maximum Gasteiger partial charge on any atom is 0.272 e. The summed E-state index contributed by atoms with van der Waals surface area (Å²) in [4.78, 5) is 19.3. The maximum atomic E-state index is 12.9. The Morgan fingerprint density at radius 1 is 1.23 bits per heavy atom. The number of nitrogens with zero attached hydrogens (tertiary/aromatic N) is 3. The molecule has 1 saturated heterocycles. The Hall–Kier alpha value is -2.57. The molecule has 26 heavy (non-hydrogen) atoms. The molecule has 6 nitrogen and oxygen atoms in total. The second-order valence-electron chi connectivity index (χ2n) is 6.23. The molecule has 1 amide bonds. The van der Waals surface area contributed by atoms with Crippen LogP contribution in [-0.4, -0.2) is 46.5 Å². The zero-order chi connectivity index (χ0) is 18.1. The zero-order valence-electron chi connectivity index (χ0n) is 14.4. The fourth-order valence-corrected chi connectivity index (χ4v) is 3.36. The molecule has 7 heteroatoms. The summed E-state index contributed by atoms with van der Waals surface area (Å²) in [5.74, 6) is 0.651. The van der Waals surface area contributed by atoms with Crippen molar-refractivity contribution in [2.24, 2.45) is 0 Å². The summed E-state index contributed by atoms with van der Waals surface area (Å²) in [5, 5.41) is 3.94. The fraction of sp³-hybridized carbons (Fsp3) is 0.263. The summed E-state index contributed by atoms with van der Waals surface area (Å²) in [6, 6.07) is 11.4. The minimum absolute atomic E-state index is 0.0283. The molecular formula is C19H19ClN4O2. The molecule has 2 aromatic heterocycles. The van der Waals surface area contributed by atoms with Crippen molar-refractivity contribution in [2.75, 3.05) is 31.6 Å². The first-order chi connectivity index (χ1) is 12.6. The van der Waals surface area contributed by atoms with Gasteiger partial charge in [0.25, 0.3) is 5.91 Å². The zero-order valence-corrected chi connectivity index (χ0v) is 15.2. The first kappa shape index (κ1) is 16.9. The van der Waals surface area contributed by atoms with Crippen LogP contribution in [0.25, 0.3) is 5.52 Å². The van der Waals surface area contributed by atoms with Crippen molar-refractivity contribution in [1.82, 2.24) is 14.3 Å². The van der Waals surface area contributed by atoms with Crippen molar-refractivity contribution in [3.8, 4) is 0 Å². The molecule has 4 rings (SSSR count).